The van der Waals surface area contributed by atoms with E-state index < -0.39 is 0 Å². The number of nitrogens with zero attached hydrogens (tertiary/aromatic N) is 1. The number of aromatic nitrogens is 1. The van der Waals surface area contributed by atoms with Crippen LogP contribution < -0.4 is 5.73 Å². The van der Waals surface area contributed by atoms with Crippen LogP contribution in [0.3, 0.4) is 0 Å². The first-order valence-corrected chi connectivity index (χ1v) is 7.69. The highest BCUT2D eigenvalue weighted by Gasteiger charge is 2.15. The Labute approximate surface area is 131 Å². The van der Waals surface area contributed by atoms with Crippen LogP contribution in [0.25, 0.3) is 22.6 Å². The summed E-state index contributed by atoms with van der Waals surface area (Å²) in [4.78, 5) is 4.60. The second-order valence-corrected chi connectivity index (χ2v) is 4.56. The van der Waals surface area contributed by atoms with Gasteiger partial charge in [0.15, 0.2) is 11.7 Å². The van der Waals surface area contributed by atoms with Crippen molar-refractivity contribution in [3.63, 3.8) is 0 Å². The standard InChI is InChI=1S/C17H16N2O.C2H6/c18-12-11-15-19-16(13-7-3-1-4-8-13)17(20-15)14-9-5-2-6-10-14;1-2/h1-10H,11-12,18H2;1-2H3. The maximum atomic E-state index is 5.90. The van der Waals surface area contributed by atoms with E-state index in [1.54, 1.807) is 0 Å². The first-order chi connectivity index (χ1) is 10.9. The molecule has 0 bridgehead atoms. The minimum atomic E-state index is 0.531. The molecule has 22 heavy (non-hydrogen) atoms. The second-order valence-electron chi connectivity index (χ2n) is 4.56. The van der Waals surface area contributed by atoms with Crippen molar-refractivity contribution < 1.29 is 4.42 Å². The lowest BCUT2D eigenvalue weighted by Crippen LogP contribution is -2.02. The molecule has 0 unspecified atom stereocenters. The Bertz CT molecular complexity index is 618. The van der Waals surface area contributed by atoms with E-state index in [0.717, 1.165) is 22.6 Å². The van der Waals surface area contributed by atoms with Gasteiger partial charge in [-0.25, -0.2) is 4.98 Å². The van der Waals surface area contributed by atoms with Crippen LogP contribution in [-0.2, 0) is 6.42 Å². The van der Waals surface area contributed by atoms with Crippen molar-refractivity contribution in [2.45, 2.75) is 20.3 Å². The van der Waals surface area contributed by atoms with E-state index >= 15 is 0 Å². The average molecular weight is 294 g/mol. The normalized spacial score (nSPS) is 9.95. The lowest BCUT2D eigenvalue weighted by molar-refractivity contribution is 0.508. The summed E-state index contributed by atoms with van der Waals surface area (Å²) in [5.41, 5.74) is 8.56. The van der Waals surface area contributed by atoms with Gasteiger partial charge in [-0.15, -0.1) is 0 Å². The predicted octanol–water partition coefficient (Wildman–Crippen LogP) is 4.54. The quantitative estimate of drug-likeness (QED) is 0.768. The van der Waals surface area contributed by atoms with Crippen LogP contribution in [0.1, 0.15) is 19.7 Å². The summed E-state index contributed by atoms with van der Waals surface area (Å²) < 4.78 is 5.90. The van der Waals surface area contributed by atoms with Crippen molar-refractivity contribution in [2.24, 2.45) is 5.73 Å². The number of hydrogen-bond donors (Lipinski definition) is 1. The van der Waals surface area contributed by atoms with Crippen LogP contribution in [0.2, 0.25) is 0 Å². The molecule has 0 aliphatic rings. The van der Waals surface area contributed by atoms with Gasteiger partial charge >= 0.3 is 0 Å². The summed E-state index contributed by atoms with van der Waals surface area (Å²) in [6.45, 7) is 4.53. The van der Waals surface area contributed by atoms with E-state index in [9.17, 15) is 0 Å². The fraction of sp³-hybridized carbons (Fsp3) is 0.211. The molecule has 3 aromatic rings. The van der Waals surface area contributed by atoms with Gasteiger partial charge in [0.05, 0.1) is 0 Å². The third-order valence-electron chi connectivity index (χ3n) is 3.11. The third kappa shape index (κ3) is 3.62. The summed E-state index contributed by atoms with van der Waals surface area (Å²) in [5, 5.41) is 0. The smallest absolute Gasteiger partial charge is 0.196 e. The Hall–Kier alpha value is -2.39. The van der Waals surface area contributed by atoms with Gasteiger partial charge in [-0.3, -0.25) is 0 Å². The zero-order valence-corrected chi connectivity index (χ0v) is 13.1. The highest BCUT2D eigenvalue weighted by molar-refractivity contribution is 5.76. The van der Waals surface area contributed by atoms with Crippen molar-refractivity contribution in [2.75, 3.05) is 6.54 Å². The number of hydrogen-bond acceptors (Lipinski definition) is 3. The first-order valence-electron chi connectivity index (χ1n) is 7.69. The van der Waals surface area contributed by atoms with Crippen LogP contribution in [0.15, 0.2) is 65.1 Å². The predicted molar refractivity (Wildman–Crippen MR) is 91.5 cm³/mol. The molecule has 3 heteroatoms. The van der Waals surface area contributed by atoms with Crippen molar-refractivity contribution in [3.05, 3.63) is 66.6 Å². The molecule has 3 rings (SSSR count). The van der Waals surface area contributed by atoms with Crippen LogP contribution in [0.4, 0.5) is 0 Å². The zero-order chi connectivity index (χ0) is 15.8. The molecule has 0 radical (unpaired) electrons. The SMILES string of the molecule is CC.NCCc1nc(-c2ccccc2)c(-c2ccccc2)o1. The summed E-state index contributed by atoms with van der Waals surface area (Å²) in [6, 6.07) is 20.1. The maximum absolute atomic E-state index is 5.90. The number of nitrogens with two attached hydrogens (primary N) is 1. The Morgan fingerprint density at radius 2 is 1.41 bits per heavy atom. The Kier molecular flexibility index (Phi) is 5.92. The van der Waals surface area contributed by atoms with E-state index in [2.05, 4.69) is 4.98 Å². The molecule has 0 saturated carbocycles. The van der Waals surface area contributed by atoms with Crippen LogP contribution in [0.5, 0.6) is 0 Å². The van der Waals surface area contributed by atoms with E-state index in [0.29, 0.717) is 18.9 Å². The van der Waals surface area contributed by atoms with Gasteiger partial charge in [0, 0.05) is 24.1 Å². The van der Waals surface area contributed by atoms with Gasteiger partial charge < -0.3 is 10.2 Å². The fourth-order valence-corrected chi connectivity index (χ4v) is 2.17. The monoisotopic (exact) mass is 294 g/mol. The van der Waals surface area contributed by atoms with Gasteiger partial charge in [0.2, 0.25) is 0 Å². The van der Waals surface area contributed by atoms with E-state index in [1.165, 1.54) is 0 Å². The molecule has 2 aromatic carbocycles. The first kappa shape index (κ1) is 16.0. The van der Waals surface area contributed by atoms with Gasteiger partial charge in [0.1, 0.15) is 5.69 Å². The van der Waals surface area contributed by atoms with Crippen LogP contribution in [-0.4, -0.2) is 11.5 Å². The summed E-state index contributed by atoms with van der Waals surface area (Å²) in [5.74, 6) is 1.49. The minimum Gasteiger partial charge on any atom is -0.440 e. The molecular weight excluding hydrogens is 272 g/mol. The molecule has 0 aliphatic heterocycles. The van der Waals surface area contributed by atoms with Crippen LogP contribution in [0, 0.1) is 0 Å². The maximum Gasteiger partial charge on any atom is 0.196 e. The van der Waals surface area contributed by atoms with Crippen molar-refractivity contribution in [1.29, 1.82) is 0 Å². The molecule has 0 fully saturated rings. The summed E-state index contributed by atoms with van der Waals surface area (Å²) in [7, 11) is 0. The Morgan fingerprint density at radius 1 is 0.864 bits per heavy atom. The lowest BCUT2D eigenvalue weighted by Gasteiger charge is -2.00. The second kappa shape index (κ2) is 8.15. The summed E-state index contributed by atoms with van der Waals surface area (Å²) in [6.07, 6.45) is 0.646. The number of rotatable bonds is 4. The molecule has 0 aliphatic carbocycles. The molecule has 1 aromatic heterocycles. The lowest BCUT2D eigenvalue weighted by atomic mass is 10.1. The molecular formula is C19H22N2O. The summed E-state index contributed by atoms with van der Waals surface area (Å²) >= 11 is 0. The van der Waals surface area contributed by atoms with Gasteiger partial charge in [-0.1, -0.05) is 74.5 Å². The van der Waals surface area contributed by atoms with Gasteiger partial charge in [-0.05, 0) is 0 Å². The van der Waals surface area contributed by atoms with E-state index in [4.69, 9.17) is 10.2 Å². The Morgan fingerprint density at radius 3 is 1.95 bits per heavy atom. The molecule has 0 spiro atoms. The number of benzene rings is 2. The fourth-order valence-electron chi connectivity index (χ4n) is 2.17. The zero-order valence-electron chi connectivity index (χ0n) is 13.1. The van der Waals surface area contributed by atoms with Crippen molar-refractivity contribution in [3.8, 4) is 22.6 Å². The van der Waals surface area contributed by atoms with Crippen molar-refractivity contribution >= 4 is 0 Å². The topological polar surface area (TPSA) is 52.0 Å². The molecule has 114 valence electrons. The highest BCUT2D eigenvalue weighted by atomic mass is 16.4. The average Bonchev–Trinajstić information content (AvgIpc) is 3.03. The van der Waals surface area contributed by atoms with Crippen LogP contribution >= 0.6 is 0 Å². The molecule has 0 amide bonds. The molecule has 3 nitrogen and oxygen atoms in total. The highest BCUT2D eigenvalue weighted by Crippen LogP contribution is 2.32. The molecule has 0 atom stereocenters. The van der Waals surface area contributed by atoms with Gasteiger partial charge in [-0.2, -0.15) is 0 Å². The molecule has 0 saturated heterocycles. The van der Waals surface area contributed by atoms with Crippen molar-refractivity contribution in [1.82, 2.24) is 4.98 Å². The molecule has 2 N–H and O–H groups in total. The molecule has 1 heterocycles. The Balaban J connectivity index is 0.000000847. The van der Waals surface area contributed by atoms with E-state index in [-0.39, 0.29) is 0 Å². The van der Waals surface area contributed by atoms with E-state index in [1.807, 2.05) is 74.5 Å². The third-order valence-corrected chi connectivity index (χ3v) is 3.11. The van der Waals surface area contributed by atoms with Gasteiger partial charge in [0.25, 0.3) is 0 Å². The largest absolute Gasteiger partial charge is 0.440 e. The minimum absolute atomic E-state index is 0.531. The number of oxazole rings is 1.